The van der Waals surface area contributed by atoms with Crippen LogP contribution in [0.3, 0.4) is 0 Å². The number of hydrogen-bond acceptors (Lipinski definition) is 4. The Hall–Kier alpha value is -1.89. The first-order valence-corrected chi connectivity index (χ1v) is 8.88. The third-order valence-corrected chi connectivity index (χ3v) is 5.00. The molecule has 24 heavy (non-hydrogen) atoms. The van der Waals surface area contributed by atoms with Crippen molar-refractivity contribution in [2.45, 2.75) is 44.7 Å². The van der Waals surface area contributed by atoms with Crippen LogP contribution >= 0.6 is 0 Å². The van der Waals surface area contributed by atoms with Gasteiger partial charge in [0.25, 0.3) is 0 Å². The molecule has 1 aromatic rings. The fourth-order valence-electron chi connectivity index (χ4n) is 3.74. The van der Waals surface area contributed by atoms with Gasteiger partial charge in [0.2, 0.25) is 11.8 Å². The van der Waals surface area contributed by atoms with Gasteiger partial charge in [-0.3, -0.25) is 19.2 Å². The number of likely N-dealkylation sites (tertiary alicyclic amines) is 2. The molecule has 7 heteroatoms. The van der Waals surface area contributed by atoms with Crippen LogP contribution in [0, 0.1) is 0 Å². The van der Waals surface area contributed by atoms with Crippen molar-refractivity contribution < 1.29 is 9.59 Å². The Bertz CT molecular complexity index is 551. The molecule has 1 atom stereocenters. The maximum atomic E-state index is 12.6. The van der Waals surface area contributed by atoms with E-state index in [9.17, 15) is 9.59 Å². The summed E-state index contributed by atoms with van der Waals surface area (Å²) in [5, 5.41) is 7.26. The van der Waals surface area contributed by atoms with Crippen LogP contribution in [0.5, 0.6) is 0 Å². The average Bonchev–Trinajstić information content (AvgIpc) is 3.09. The van der Waals surface area contributed by atoms with Crippen LogP contribution < -0.4 is 5.32 Å². The van der Waals surface area contributed by atoms with Crippen LogP contribution in [-0.4, -0.2) is 70.2 Å². The van der Waals surface area contributed by atoms with Crippen molar-refractivity contribution in [1.29, 1.82) is 0 Å². The molecule has 2 amide bonds. The van der Waals surface area contributed by atoms with Crippen molar-refractivity contribution >= 4 is 11.8 Å². The van der Waals surface area contributed by atoms with Crippen LogP contribution in [0.2, 0.25) is 0 Å². The third kappa shape index (κ3) is 4.35. The van der Waals surface area contributed by atoms with E-state index in [1.807, 2.05) is 28.0 Å². The average molecular weight is 333 g/mol. The van der Waals surface area contributed by atoms with Crippen molar-refractivity contribution in [3.8, 4) is 0 Å². The molecule has 7 nitrogen and oxygen atoms in total. The molecule has 1 unspecified atom stereocenters. The topological polar surface area (TPSA) is 70.5 Å². The number of amides is 2. The smallest absolute Gasteiger partial charge is 0.236 e. The van der Waals surface area contributed by atoms with Crippen molar-refractivity contribution in [2.75, 3.05) is 32.7 Å². The highest BCUT2D eigenvalue weighted by Gasteiger charge is 2.27. The second kappa shape index (κ2) is 7.79. The Labute approximate surface area is 143 Å². The Morgan fingerprint density at radius 3 is 2.67 bits per heavy atom. The highest BCUT2D eigenvalue weighted by atomic mass is 16.2. The standard InChI is InChI=1S/C17H27N5O2/c1-14(23)19-15-4-2-8-21(12-15)17(24)13-20-10-5-16(6-11-20)22-9-3-7-18-22/h3,7,9,15-16H,2,4-6,8,10-13H2,1H3,(H,19,23). The number of nitrogens with zero attached hydrogens (tertiary/aromatic N) is 4. The normalized spacial score (nSPS) is 23.2. The first-order chi connectivity index (χ1) is 11.6. The second-order valence-electron chi connectivity index (χ2n) is 6.87. The summed E-state index contributed by atoms with van der Waals surface area (Å²) in [6, 6.07) is 2.51. The van der Waals surface area contributed by atoms with Gasteiger partial charge in [-0.2, -0.15) is 5.10 Å². The van der Waals surface area contributed by atoms with Crippen LogP contribution in [0.15, 0.2) is 18.5 Å². The maximum Gasteiger partial charge on any atom is 0.236 e. The number of hydrogen-bond donors (Lipinski definition) is 1. The number of piperidine rings is 2. The highest BCUT2D eigenvalue weighted by molar-refractivity contribution is 5.78. The van der Waals surface area contributed by atoms with E-state index >= 15 is 0 Å². The number of rotatable bonds is 4. The van der Waals surface area contributed by atoms with Crippen LogP contribution in [0.4, 0.5) is 0 Å². The lowest BCUT2D eigenvalue weighted by molar-refractivity contribution is -0.135. The van der Waals surface area contributed by atoms with Gasteiger partial charge in [-0.15, -0.1) is 0 Å². The molecule has 0 aromatic carbocycles. The zero-order valence-corrected chi connectivity index (χ0v) is 14.4. The van der Waals surface area contributed by atoms with E-state index in [2.05, 4.69) is 15.3 Å². The predicted molar refractivity (Wildman–Crippen MR) is 90.4 cm³/mol. The van der Waals surface area contributed by atoms with Crippen LogP contribution in [0.1, 0.15) is 38.6 Å². The second-order valence-corrected chi connectivity index (χ2v) is 6.87. The Balaban J connectivity index is 1.44. The van der Waals surface area contributed by atoms with Crippen molar-refractivity contribution in [2.24, 2.45) is 0 Å². The molecule has 0 spiro atoms. The molecule has 2 fully saturated rings. The van der Waals surface area contributed by atoms with E-state index in [1.165, 1.54) is 6.92 Å². The van der Waals surface area contributed by atoms with Gasteiger partial charge in [0, 0.05) is 51.5 Å². The minimum absolute atomic E-state index is 0.0185. The van der Waals surface area contributed by atoms with Crippen molar-refractivity contribution in [1.82, 2.24) is 24.9 Å². The van der Waals surface area contributed by atoms with Crippen LogP contribution in [0.25, 0.3) is 0 Å². The molecular formula is C17H27N5O2. The zero-order chi connectivity index (χ0) is 16.9. The van der Waals surface area contributed by atoms with Gasteiger partial charge in [0.05, 0.1) is 12.6 Å². The molecule has 2 aliphatic heterocycles. The van der Waals surface area contributed by atoms with Gasteiger partial charge < -0.3 is 10.2 Å². The molecule has 132 valence electrons. The highest BCUT2D eigenvalue weighted by Crippen LogP contribution is 2.21. The minimum Gasteiger partial charge on any atom is -0.352 e. The molecular weight excluding hydrogens is 306 g/mol. The van der Waals surface area contributed by atoms with Gasteiger partial charge in [-0.1, -0.05) is 0 Å². The molecule has 0 radical (unpaired) electrons. The quantitative estimate of drug-likeness (QED) is 0.878. The van der Waals surface area contributed by atoms with E-state index in [1.54, 1.807) is 0 Å². The third-order valence-electron chi connectivity index (χ3n) is 5.00. The van der Waals surface area contributed by atoms with Gasteiger partial charge in [0.1, 0.15) is 0 Å². The summed E-state index contributed by atoms with van der Waals surface area (Å²) in [4.78, 5) is 27.9. The fourth-order valence-corrected chi connectivity index (χ4v) is 3.74. The lowest BCUT2D eigenvalue weighted by Crippen LogP contribution is -2.52. The molecule has 1 aromatic heterocycles. The summed E-state index contributed by atoms with van der Waals surface area (Å²) >= 11 is 0. The molecule has 3 rings (SSSR count). The van der Waals surface area contributed by atoms with E-state index in [-0.39, 0.29) is 17.9 Å². The van der Waals surface area contributed by atoms with E-state index in [0.29, 0.717) is 19.1 Å². The first-order valence-electron chi connectivity index (χ1n) is 8.88. The van der Waals surface area contributed by atoms with Gasteiger partial charge in [-0.25, -0.2) is 0 Å². The predicted octanol–water partition coefficient (Wildman–Crippen LogP) is 0.647. The molecule has 2 saturated heterocycles. The number of nitrogens with one attached hydrogen (secondary N) is 1. The minimum atomic E-state index is -0.0185. The summed E-state index contributed by atoms with van der Waals surface area (Å²) in [7, 11) is 0. The fraction of sp³-hybridized carbons (Fsp3) is 0.706. The van der Waals surface area contributed by atoms with Crippen molar-refractivity contribution in [3.63, 3.8) is 0 Å². The number of aromatic nitrogens is 2. The van der Waals surface area contributed by atoms with E-state index in [0.717, 1.165) is 45.3 Å². The monoisotopic (exact) mass is 333 g/mol. The molecule has 1 N–H and O–H groups in total. The maximum absolute atomic E-state index is 12.6. The largest absolute Gasteiger partial charge is 0.352 e. The Morgan fingerprint density at radius 2 is 2.00 bits per heavy atom. The summed E-state index contributed by atoms with van der Waals surface area (Å²) in [5.41, 5.74) is 0. The summed E-state index contributed by atoms with van der Waals surface area (Å²) < 4.78 is 2.03. The van der Waals surface area contributed by atoms with E-state index in [4.69, 9.17) is 0 Å². The van der Waals surface area contributed by atoms with Crippen molar-refractivity contribution in [3.05, 3.63) is 18.5 Å². The van der Waals surface area contributed by atoms with E-state index < -0.39 is 0 Å². The Kier molecular flexibility index (Phi) is 5.50. The zero-order valence-electron chi connectivity index (χ0n) is 14.4. The molecule has 2 aliphatic rings. The molecule has 0 aliphatic carbocycles. The van der Waals surface area contributed by atoms with Gasteiger partial charge in [-0.05, 0) is 31.7 Å². The molecule has 3 heterocycles. The summed E-state index contributed by atoms with van der Waals surface area (Å²) in [6.07, 6.45) is 7.81. The first kappa shape index (κ1) is 17.0. The van der Waals surface area contributed by atoms with Gasteiger partial charge >= 0.3 is 0 Å². The lowest BCUT2D eigenvalue weighted by Gasteiger charge is -2.36. The number of carbonyl (C=O) groups excluding carboxylic acids is 2. The summed E-state index contributed by atoms with van der Waals surface area (Å²) in [5.74, 6) is 0.164. The molecule has 0 bridgehead atoms. The lowest BCUT2D eigenvalue weighted by atomic mass is 10.0. The number of carbonyl (C=O) groups is 2. The summed E-state index contributed by atoms with van der Waals surface area (Å²) in [6.45, 7) is 5.32. The SMILES string of the molecule is CC(=O)NC1CCCN(C(=O)CN2CCC(n3cccn3)CC2)C1. The van der Waals surface area contributed by atoms with Crippen LogP contribution in [-0.2, 0) is 9.59 Å². The molecule has 0 saturated carbocycles. The van der Waals surface area contributed by atoms with Gasteiger partial charge in [0.15, 0.2) is 0 Å². The Morgan fingerprint density at radius 1 is 1.21 bits per heavy atom.